The summed E-state index contributed by atoms with van der Waals surface area (Å²) in [6.07, 6.45) is 0. The van der Waals surface area contributed by atoms with E-state index >= 15 is 0 Å². The molecule has 1 N–H and O–H groups in total. The maximum atomic E-state index is 12.5. The third-order valence-electron chi connectivity index (χ3n) is 4.65. The summed E-state index contributed by atoms with van der Waals surface area (Å²) in [4.78, 5) is 27.5. The fourth-order valence-corrected chi connectivity index (χ4v) is 3.00. The Bertz CT molecular complexity index is 1260. The molecule has 0 saturated heterocycles. The number of benzene rings is 3. The number of methoxy groups -OCH3 is 1. The number of rotatable bonds is 5. The molecule has 0 atom stereocenters. The first-order valence-electron chi connectivity index (χ1n) is 9.06. The lowest BCUT2D eigenvalue weighted by molar-refractivity contribution is -0.385. The average molecular weight is 403 g/mol. The Labute approximate surface area is 171 Å². The second-order valence-corrected chi connectivity index (χ2v) is 6.64. The molecule has 4 aromatic rings. The van der Waals surface area contributed by atoms with E-state index in [0.29, 0.717) is 34.0 Å². The number of hydrogen-bond donors (Lipinski definition) is 1. The van der Waals surface area contributed by atoms with Crippen LogP contribution in [0.2, 0.25) is 0 Å². The number of oxazole rings is 1. The van der Waals surface area contributed by atoms with Gasteiger partial charge in [-0.15, -0.1) is 0 Å². The summed E-state index contributed by atoms with van der Waals surface area (Å²) >= 11 is 0. The Morgan fingerprint density at radius 3 is 2.57 bits per heavy atom. The Morgan fingerprint density at radius 1 is 1.10 bits per heavy atom. The van der Waals surface area contributed by atoms with Crippen molar-refractivity contribution in [3.63, 3.8) is 0 Å². The molecule has 0 aliphatic carbocycles. The highest BCUT2D eigenvalue weighted by atomic mass is 16.6. The fraction of sp³-hybridized carbons (Fsp3) is 0.0909. The molecule has 0 spiro atoms. The summed E-state index contributed by atoms with van der Waals surface area (Å²) in [6.45, 7) is 1.63. The van der Waals surface area contributed by atoms with Crippen molar-refractivity contribution in [2.75, 3.05) is 12.4 Å². The van der Waals surface area contributed by atoms with E-state index in [1.807, 2.05) is 0 Å². The number of carbonyl (C=O) groups is 1. The Kier molecular flexibility index (Phi) is 4.89. The third-order valence-corrected chi connectivity index (χ3v) is 4.65. The van der Waals surface area contributed by atoms with Gasteiger partial charge in [-0.2, -0.15) is 0 Å². The van der Waals surface area contributed by atoms with Gasteiger partial charge in [0.1, 0.15) is 11.3 Å². The Hall–Kier alpha value is -4.20. The van der Waals surface area contributed by atoms with Crippen LogP contribution in [0, 0.1) is 17.0 Å². The monoisotopic (exact) mass is 403 g/mol. The lowest BCUT2D eigenvalue weighted by Gasteiger charge is -2.06. The number of hydrogen-bond acceptors (Lipinski definition) is 6. The van der Waals surface area contributed by atoms with Gasteiger partial charge in [0.05, 0.1) is 12.0 Å². The highest BCUT2D eigenvalue weighted by Crippen LogP contribution is 2.28. The molecule has 0 bridgehead atoms. The second kappa shape index (κ2) is 7.67. The van der Waals surface area contributed by atoms with Crippen LogP contribution in [0.1, 0.15) is 15.9 Å². The lowest BCUT2D eigenvalue weighted by Crippen LogP contribution is -2.12. The summed E-state index contributed by atoms with van der Waals surface area (Å²) in [5.41, 5.74) is 3.23. The number of fused-ring (bicyclic) bond motifs is 1. The molecule has 0 fully saturated rings. The second-order valence-electron chi connectivity index (χ2n) is 6.64. The first-order chi connectivity index (χ1) is 14.4. The van der Waals surface area contributed by atoms with Crippen molar-refractivity contribution in [2.24, 2.45) is 0 Å². The largest absolute Gasteiger partial charge is 0.497 e. The molecule has 0 unspecified atom stereocenters. The van der Waals surface area contributed by atoms with Gasteiger partial charge in [0.25, 0.3) is 11.6 Å². The molecule has 8 nitrogen and oxygen atoms in total. The highest BCUT2D eigenvalue weighted by molar-refractivity contribution is 6.04. The summed E-state index contributed by atoms with van der Waals surface area (Å²) in [7, 11) is 1.59. The van der Waals surface area contributed by atoms with Crippen LogP contribution in [-0.4, -0.2) is 22.9 Å². The van der Waals surface area contributed by atoms with Crippen LogP contribution in [0.15, 0.2) is 65.1 Å². The number of aromatic nitrogens is 1. The van der Waals surface area contributed by atoms with E-state index in [1.165, 1.54) is 6.07 Å². The Morgan fingerprint density at radius 2 is 1.87 bits per heavy atom. The summed E-state index contributed by atoms with van der Waals surface area (Å²) in [6, 6.07) is 16.7. The van der Waals surface area contributed by atoms with Crippen LogP contribution in [0.25, 0.3) is 22.6 Å². The van der Waals surface area contributed by atoms with Crippen LogP contribution >= 0.6 is 0 Å². The van der Waals surface area contributed by atoms with Gasteiger partial charge in [0.2, 0.25) is 5.89 Å². The fourth-order valence-electron chi connectivity index (χ4n) is 3.00. The predicted molar refractivity (Wildman–Crippen MR) is 112 cm³/mol. The van der Waals surface area contributed by atoms with Crippen molar-refractivity contribution in [3.8, 4) is 17.2 Å². The summed E-state index contributed by atoms with van der Waals surface area (Å²) in [5, 5.41) is 13.8. The summed E-state index contributed by atoms with van der Waals surface area (Å²) < 4.78 is 11.0. The maximum absolute atomic E-state index is 12.5. The van der Waals surface area contributed by atoms with Crippen molar-refractivity contribution < 1.29 is 18.9 Å². The zero-order valence-corrected chi connectivity index (χ0v) is 16.2. The van der Waals surface area contributed by atoms with Gasteiger partial charge in [0.15, 0.2) is 5.58 Å². The Balaban J connectivity index is 1.53. The molecule has 0 aliphatic rings. The molecule has 0 aliphatic heterocycles. The minimum Gasteiger partial charge on any atom is -0.497 e. The SMILES string of the molecule is COc1ccc2oc(-c3ccc(NC(=O)c4ccc(C)c([N+](=O)[O-])c4)cc3)nc2c1. The molecule has 1 heterocycles. The van der Waals surface area contributed by atoms with Gasteiger partial charge in [-0.25, -0.2) is 4.98 Å². The van der Waals surface area contributed by atoms with E-state index in [1.54, 1.807) is 68.6 Å². The standard InChI is InChI=1S/C22H17N3O5/c1-13-3-4-15(11-19(13)25(27)28)21(26)23-16-7-5-14(6-8-16)22-24-18-12-17(29-2)9-10-20(18)30-22/h3-12H,1-2H3,(H,23,26). The number of nitro benzene ring substituents is 1. The molecule has 1 amide bonds. The van der Waals surface area contributed by atoms with E-state index in [9.17, 15) is 14.9 Å². The topological polar surface area (TPSA) is 108 Å². The normalized spacial score (nSPS) is 10.7. The van der Waals surface area contributed by atoms with Gasteiger partial charge < -0.3 is 14.5 Å². The minimum absolute atomic E-state index is 0.0920. The van der Waals surface area contributed by atoms with Crippen molar-refractivity contribution in [1.82, 2.24) is 4.98 Å². The van der Waals surface area contributed by atoms with E-state index in [4.69, 9.17) is 9.15 Å². The number of nitrogens with one attached hydrogen (secondary N) is 1. The predicted octanol–water partition coefficient (Wildman–Crippen LogP) is 4.97. The van der Waals surface area contributed by atoms with E-state index in [-0.39, 0.29) is 11.3 Å². The van der Waals surface area contributed by atoms with Crippen LogP contribution in [0.5, 0.6) is 5.75 Å². The van der Waals surface area contributed by atoms with Gasteiger partial charge >= 0.3 is 0 Å². The average Bonchev–Trinajstić information content (AvgIpc) is 3.17. The number of nitrogens with zero attached hydrogens (tertiary/aromatic N) is 2. The molecule has 150 valence electrons. The zero-order chi connectivity index (χ0) is 21.3. The number of aryl methyl sites for hydroxylation is 1. The van der Waals surface area contributed by atoms with E-state index in [0.717, 1.165) is 5.56 Å². The van der Waals surface area contributed by atoms with E-state index < -0.39 is 10.8 Å². The van der Waals surface area contributed by atoms with Gasteiger partial charge in [-0.3, -0.25) is 14.9 Å². The molecule has 0 saturated carbocycles. The van der Waals surface area contributed by atoms with E-state index in [2.05, 4.69) is 10.3 Å². The van der Waals surface area contributed by atoms with Crippen LogP contribution in [0.4, 0.5) is 11.4 Å². The van der Waals surface area contributed by atoms with Crippen molar-refractivity contribution in [2.45, 2.75) is 6.92 Å². The summed E-state index contributed by atoms with van der Waals surface area (Å²) in [5.74, 6) is 0.710. The molecule has 8 heteroatoms. The minimum atomic E-state index is -0.503. The molecule has 0 radical (unpaired) electrons. The van der Waals surface area contributed by atoms with Crippen LogP contribution in [-0.2, 0) is 0 Å². The molecule has 1 aromatic heterocycles. The number of anilines is 1. The maximum Gasteiger partial charge on any atom is 0.273 e. The van der Waals surface area contributed by atoms with Gasteiger partial charge in [0, 0.05) is 34.5 Å². The van der Waals surface area contributed by atoms with Crippen LogP contribution < -0.4 is 10.1 Å². The van der Waals surface area contributed by atoms with Crippen LogP contribution in [0.3, 0.4) is 0 Å². The number of amides is 1. The molecule has 4 rings (SSSR count). The zero-order valence-electron chi connectivity index (χ0n) is 16.2. The highest BCUT2D eigenvalue weighted by Gasteiger charge is 2.15. The first kappa shape index (κ1) is 19.1. The van der Waals surface area contributed by atoms with Crippen molar-refractivity contribution in [1.29, 1.82) is 0 Å². The van der Waals surface area contributed by atoms with Crippen molar-refractivity contribution >= 4 is 28.4 Å². The van der Waals surface area contributed by atoms with Crippen molar-refractivity contribution in [3.05, 3.63) is 81.9 Å². The van der Waals surface area contributed by atoms with Gasteiger partial charge in [-0.1, -0.05) is 6.07 Å². The quantitative estimate of drug-likeness (QED) is 0.372. The first-order valence-corrected chi connectivity index (χ1v) is 9.06. The molecule has 30 heavy (non-hydrogen) atoms. The molecule has 3 aromatic carbocycles. The van der Waals surface area contributed by atoms with Gasteiger partial charge in [-0.05, 0) is 49.4 Å². The number of carbonyl (C=O) groups excluding carboxylic acids is 1. The molecular weight excluding hydrogens is 386 g/mol. The molecular formula is C22H17N3O5. The number of nitro groups is 1. The smallest absolute Gasteiger partial charge is 0.273 e. The number of ether oxygens (including phenoxy) is 1. The third kappa shape index (κ3) is 3.70. The lowest BCUT2D eigenvalue weighted by atomic mass is 10.1.